The van der Waals surface area contributed by atoms with Crippen LogP contribution in [0.15, 0.2) is 48.7 Å². The van der Waals surface area contributed by atoms with Crippen molar-refractivity contribution in [1.29, 1.82) is 0 Å². The van der Waals surface area contributed by atoms with Crippen molar-refractivity contribution in [3.63, 3.8) is 0 Å². The molecule has 1 saturated carbocycles. The Hall–Kier alpha value is -6.75. The van der Waals surface area contributed by atoms with E-state index in [9.17, 15) is 19.5 Å². The summed E-state index contributed by atoms with van der Waals surface area (Å²) < 4.78 is 53.9. The fourth-order valence-corrected chi connectivity index (χ4v) is 10.9. The van der Waals surface area contributed by atoms with Gasteiger partial charge < -0.3 is 35.2 Å². The number of halogens is 3. The zero-order valence-electron chi connectivity index (χ0n) is 38.7. The van der Waals surface area contributed by atoms with Crippen LogP contribution in [-0.4, -0.2) is 156 Å². The highest BCUT2D eigenvalue weighted by Gasteiger charge is 2.46. The van der Waals surface area contributed by atoms with Crippen LogP contribution >= 0.6 is 0 Å². The number of hydrogen-bond acceptors (Lipinski definition) is 14. The van der Waals surface area contributed by atoms with Crippen LogP contribution in [0.3, 0.4) is 0 Å². The summed E-state index contributed by atoms with van der Waals surface area (Å²) in [5.41, 5.74) is 0.729. The number of piperazine rings is 3. The van der Waals surface area contributed by atoms with Crippen molar-refractivity contribution in [3.05, 3.63) is 71.7 Å². The van der Waals surface area contributed by atoms with E-state index in [1.165, 1.54) is 36.5 Å². The Balaban J connectivity index is 0.718. The van der Waals surface area contributed by atoms with E-state index in [1.54, 1.807) is 12.1 Å². The number of amides is 3. The van der Waals surface area contributed by atoms with Gasteiger partial charge in [-0.25, -0.2) is 13.2 Å². The summed E-state index contributed by atoms with van der Waals surface area (Å²) in [5.74, 6) is 0.304. The summed E-state index contributed by atoms with van der Waals surface area (Å²) in [6.45, 7) is 7.70. The van der Waals surface area contributed by atoms with E-state index in [0.717, 1.165) is 32.2 Å². The van der Waals surface area contributed by atoms with Gasteiger partial charge in [0, 0.05) is 119 Å². The summed E-state index contributed by atoms with van der Waals surface area (Å²) in [6, 6.07) is 10.3. The van der Waals surface area contributed by atoms with Gasteiger partial charge in [-0.05, 0) is 73.9 Å². The first-order valence-electron chi connectivity index (χ1n) is 24.2. The average molecular weight is 958 g/mol. The maximum atomic E-state index is 17.1. The average Bonchev–Trinajstić information content (AvgIpc) is 4.04. The number of aromatic hydroxyl groups is 1. The highest BCUT2D eigenvalue weighted by atomic mass is 19.1. The number of aromatic nitrogens is 3. The lowest BCUT2D eigenvalue weighted by molar-refractivity contribution is -0.135. The molecule has 6 aliphatic rings. The molecule has 7 heterocycles. The molecule has 3 unspecified atom stereocenters. The highest BCUT2D eigenvalue weighted by Crippen LogP contribution is 2.47. The van der Waals surface area contributed by atoms with E-state index < -0.39 is 29.4 Å². The number of piperidine rings is 1. The number of pyridine rings is 1. The quantitative estimate of drug-likeness (QED) is 0.104. The molecule has 6 fully saturated rings. The zero-order valence-corrected chi connectivity index (χ0v) is 38.7. The van der Waals surface area contributed by atoms with E-state index in [0.29, 0.717) is 113 Å². The molecular formula is C51H54F3N11O5. The number of hydrogen-bond donors (Lipinski definition) is 4. The topological polar surface area (TPSA) is 172 Å². The number of nitrogens with one attached hydrogen (secondary N) is 3. The summed E-state index contributed by atoms with van der Waals surface area (Å²) in [6.07, 6.45) is 11.8. The number of ether oxygens (including phenoxy) is 1. The Labute approximate surface area is 402 Å². The second-order valence-corrected chi connectivity index (χ2v) is 19.7. The molecule has 3 aromatic carbocycles. The summed E-state index contributed by atoms with van der Waals surface area (Å²) in [7, 11) is 0. The van der Waals surface area contributed by atoms with E-state index in [4.69, 9.17) is 16.1 Å². The van der Waals surface area contributed by atoms with Crippen LogP contribution in [0.25, 0.3) is 32.9 Å². The molecule has 5 aromatic rings. The number of phenolic OH excluding ortho intramolecular Hbond substituents is 1. The van der Waals surface area contributed by atoms with Crippen molar-refractivity contribution in [2.24, 2.45) is 5.41 Å². The van der Waals surface area contributed by atoms with Crippen LogP contribution in [0, 0.1) is 35.2 Å². The molecule has 19 heteroatoms. The third-order valence-electron chi connectivity index (χ3n) is 15.0. The van der Waals surface area contributed by atoms with E-state index in [1.807, 2.05) is 9.80 Å². The number of phenols is 1. The minimum atomic E-state index is -0.764. The molecule has 0 radical (unpaired) electrons. The first kappa shape index (κ1) is 45.7. The molecular weight excluding hydrogens is 904 g/mol. The Morgan fingerprint density at radius 1 is 0.900 bits per heavy atom. The number of rotatable bonds is 12. The molecule has 3 atom stereocenters. The molecule has 16 nitrogen and oxygen atoms in total. The Morgan fingerprint density at radius 2 is 1.66 bits per heavy atom. The van der Waals surface area contributed by atoms with Crippen molar-refractivity contribution in [1.82, 2.24) is 40.3 Å². The van der Waals surface area contributed by atoms with Crippen LogP contribution in [-0.2, 0) is 14.4 Å². The molecule has 5 aliphatic heterocycles. The van der Waals surface area contributed by atoms with Crippen molar-refractivity contribution in [2.45, 2.75) is 56.7 Å². The van der Waals surface area contributed by atoms with Gasteiger partial charge in [0.05, 0.1) is 29.8 Å². The first-order chi connectivity index (χ1) is 33.9. The Bertz CT molecular complexity index is 2940. The number of carbonyl (C=O) groups excluding carboxylic acids is 3. The van der Waals surface area contributed by atoms with E-state index in [-0.39, 0.29) is 75.2 Å². The van der Waals surface area contributed by atoms with Gasteiger partial charge in [0.15, 0.2) is 5.82 Å². The molecule has 3 amide bonds. The lowest BCUT2D eigenvalue weighted by atomic mass is 9.96. The van der Waals surface area contributed by atoms with E-state index in [2.05, 4.69) is 46.5 Å². The molecule has 4 N–H and O–H groups in total. The molecule has 5 saturated heterocycles. The number of imide groups is 1. The van der Waals surface area contributed by atoms with Gasteiger partial charge in [-0.2, -0.15) is 9.97 Å². The molecule has 70 heavy (non-hydrogen) atoms. The summed E-state index contributed by atoms with van der Waals surface area (Å²) in [4.78, 5) is 61.8. The smallest absolute Gasteiger partial charge is 0.319 e. The minimum absolute atomic E-state index is 0.000297. The number of anilines is 3. The Kier molecular flexibility index (Phi) is 12.1. The van der Waals surface area contributed by atoms with Gasteiger partial charge in [-0.15, -0.1) is 6.42 Å². The van der Waals surface area contributed by atoms with Gasteiger partial charge in [-0.3, -0.25) is 34.5 Å². The summed E-state index contributed by atoms with van der Waals surface area (Å²) >= 11 is 0. The maximum absolute atomic E-state index is 17.1. The van der Waals surface area contributed by atoms with Gasteiger partial charge in [0.1, 0.15) is 40.5 Å². The number of carbonyl (C=O) groups is 3. The molecule has 2 aromatic heterocycles. The fraction of sp³-hybridized carbons (Fsp3) is 0.451. The predicted octanol–water partition coefficient (Wildman–Crippen LogP) is 4.23. The normalized spacial score (nSPS) is 22.6. The number of benzene rings is 3. The third-order valence-corrected chi connectivity index (χ3v) is 15.0. The largest absolute Gasteiger partial charge is 0.508 e. The van der Waals surface area contributed by atoms with Crippen molar-refractivity contribution >= 4 is 56.6 Å². The maximum Gasteiger partial charge on any atom is 0.319 e. The van der Waals surface area contributed by atoms with Crippen LogP contribution < -0.4 is 30.5 Å². The van der Waals surface area contributed by atoms with Gasteiger partial charge in [-0.1, -0.05) is 12.0 Å². The first-order valence-corrected chi connectivity index (χ1v) is 24.2. The number of terminal acetylenes is 1. The van der Waals surface area contributed by atoms with Crippen molar-refractivity contribution in [3.8, 4) is 35.4 Å². The highest BCUT2D eigenvalue weighted by molar-refractivity contribution is 6.03. The lowest BCUT2D eigenvalue weighted by Gasteiger charge is -2.39. The van der Waals surface area contributed by atoms with Gasteiger partial charge in [0.2, 0.25) is 17.7 Å². The van der Waals surface area contributed by atoms with Crippen molar-refractivity contribution in [2.75, 3.05) is 100 Å². The van der Waals surface area contributed by atoms with Crippen LogP contribution in [0.2, 0.25) is 0 Å². The fourth-order valence-electron chi connectivity index (χ4n) is 10.9. The molecule has 11 rings (SSSR count). The third kappa shape index (κ3) is 9.11. The molecule has 0 spiro atoms. The van der Waals surface area contributed by atoms with Crippen LogP contribution in [0.1, 0.15) is 44.1 Å². The second kappa shape index (κ2) is 18.5. The minimum Gasteiger partial charge on any atom is -0.508 e. The predicted molar refractivity (Wildman–Crippen MR) is 257 cm³/mol. The van der Waals surface area contributed by atoms with Gasteiger partial charge >= 0.3 is 6.01 Å². The monoisotopic (exact) mass is 957 g/mol. The summed E-state index contributed by atoms with van der Waals surface area (Å²) in [5, 5.41) is 20.8. The zero-order chi connectivity index (χ0) is 48.3. The van der Waals surface area contributed by atoms with Gasteiger partial charge in [0.25, 0.3) is 0 Å². The molecule has 364 valence electrons. The second-order valence-electron chi connectivity index (χ2n) is 19.7. The SMILES string of the molecule is C#Cc1c(F)ccc2cc(O)cc(-c3ncc4c(N5CC6CCC(C5)N6)nc(OCC5(CN6CCN(C(=O)CN7CCN(c8ccc(NC9CCC(=O)NC9=O)cc8F)CC7)CC6)CC5)nc4c3F)c12. The standard InChI is InChI=1S/C51H54F3N11O5/c1-2-35-38(52)7-3-30-21-34(66)23-36(44(30)35)46-45(54)47-37(24-55-46)48(65-25-32-4-5-33(26-65)56-32)60-50(59-47)70-29-51(11-12-51)28-62-15-19-64(20-16-62)43(68)27-61-13-17-63(18-14-61)41-9-6-31(22-39(41)53)57-40-8-10-42(67)58-49(40)69/h1,3,6-7,9,21-24,32-33,40,56-57,66H,4-5,8,10-20,25-29H2,(H,58,67,69). The lowest BCUT2D eigenvalue weighted by Crippen LogP contribution is -2.54. The molecule has 1 aliphatic carbocycles. The van der Waals surface area contributed by atoms with Crippen molar-refractivity contribution < 1.29 is 37.4 Å². The van der Waals surface area contributed by atoms with Crippen LogP contribution in [0.4, 0.5) is 30.4 Å². The number of nitrogens with zero attached hydrogens (tertiary/aromatic N) is 8. The van der Waals surface area contributed by atoms with E-state index >= 15 is 13.2 Å². The molecule has 2 bridgehead atoms. The van der Waals surface area contributed by atoms with Crippen LogP contribution in [0.5, 0.6) is 11.8 Å². The Morgan fingerprint density at radius 3 is 2.37 bits per heavy atom. The number of fused-ring (bicyclic) bond motifs is 4.